The van der Waals surface area contributed by atoms with E-state index in [1.165, 1.54) is 16.0 Å². The zero-order chi connectivity index (χ0) is 16.9. The van der Waals surface area contributed by atoms with E-state index in [0.29, 0.717) is 43.3 Å². The van der Waals surface area contributed by atoms with Gasteiger partial charge in [-0.25, -0.2) is 0 Å². The summed E-state index contributed by atoms with van der Waals surface area (Å²) < 4.78 is 38.3. The first kappa shape index (κ1) is 17.3. The molecule has 0 saturated heterocycles. The summed E-state index contributed by atoms with van der Waals surface area (Å²) in [6.07, 6.45) is 0.162. The molecule has 0 aromatic heterocycles. The molecule has 124 valence electrons. The number of amides is 1. The van der Waals surface area contributed by atoms with Crippen molar-refractivity contribution in [1.29, 1.82) is 0 Å². The molecule has 0 N–H and O–H groups in total. The Hall–Kier alpha value is -2.02. The van der Waals surface area contributed by atoms with E-state index in [1.807, 2.05) is 0 Å². The SMILES string of the molecule is O=CN(CC=CCCl)C1=NN(c2cccc(C(F)(F)F)c2)CC1. The summed E-state index contributed by atoms with van der Waals surface area (Å²) in [5.74, 6) is 0.854. The van der Waals surface area contributed by atoms with Crippen LogP contribution in [-0.4, -0.2) is 36.1 Å². The highest BCUT2D eigenvalue weighted by Gasteiger charge is 2.31. The van der Waals surface area contributed by atoms with Crippen LogP contribution in [0.5, 0.6) is 0 Å². The van der Waals surface area contributed by atoms with Gasteiger partial charge in [-0.15, -0.1) is 11.6 Å². The van der Waals surface area contributed by atoms with E-state index in [0.717, 1.165) is 12.1 Å². The van der Waals surface area contributed by atoms with Gasteiger partial charge in [-0.05, 0) is 18.2 Å². The molecule has 1 aliphatic rings. The van der Waals surface area contributed by atoms with E-state index < -0.39 is 11.7 Å². The van der Waals surface area contributed by atoms with Crippen LogP contribution in [-0.2, 0) is 11.0 Å². The molecular weight excluding hydrogens is 331 g/mol. The second-order valence-electron chi connectivity index (χ2n) is 4.82. The van der Waals surface area contributed by atoms with Gasteiger partial charge in [-0.3, -0.25) is 14.7 Å². The third kappa shape index (κ3) is 4.48. The predicted molar refractivity (Wildman–Crippen MR) is 83.5 cm³/mol. The fraction of sp³-hybridized carbons (Fsp3) is 0.333. The molecule has 0 bridgehead atoms. The fourth-order valence-electron chi connectivity index (χ4n) is 2.14. The molecule has 8 heteroatoms. The molecule has 0 atom stereocenters. The first-order valence-electron chi connectivity index (χ1n) is 6.91. The Kier molecular flexibility index (Phi) is 5.65. The molecule has 0 radical (unpaired) electrons. The van der Waals surface area contributed by atoms with Gasteiger partial charge in [-0.2, -0.15) is 18.3 Å². The first-order valence-corrected chi connectivity index (χ1v) is 7.44. The van der Waals surface area contributed by atoms with Gasteiger partial charge in [0.05, 0.1) is 11.3 Å². The number of alkyl halides is 4. The Bertz CT molecular complexity index is 616. The van der Waals surface area contributed by atoms with E-state index in [9.17, 15) is 18.0 Å². The number of rotatable bonds is 5. The molecule has 1 amide bonds. The van der Waals surface area contributed by atoms with Gasteiger partial charge < -0.3 is 0 Å². The Balaban J connectivity index is 2.15. The average molecular weight is 346 g/mol. The van der Waals surface area contributed by atoms with Crippen LogP contribution in [0.2, 0.25) is 0 Å². The highest BCUT2D eigenvalue weighted by Crippen LogP contribution is 2.32. The number of nitrogens with zero attached hydrogens (tertiary/aromatic N) is 3. The summed E-state index contributed by atoms with van der Waals surface area (Å²) in [6, 6.07) is 4.96. The lowest BCUT2D eigenvalue weighted by Gasteiger charge is -2.16. The van der Waals surface area contributed by atoms with Gasteiger partial charge in [0.25, 0.3) is 0 Å². The molecule has 0 spiro atoms. The third-order valence-corrected chi connectivity index (χ3v) is 3.45. The molecule has 2 rings (SSSR count). The Morgan fingerprint density at radius 1 is 1.35 bits per heavy atom. The van der Waals surface area contributed by atoms with Crippen LogP contribution >= 0.6 is 11.6 Å². The molecule has 1 aliphatic heterocycles. The summed E-state index contributed by atoms with van der Waals surface area (Å²) in [5.41, 5.74) is -0.382. The number of carbonyl (C=O) groups is 1. The normalized spacial score (nSPS) is 15.1. The van der Waals surface area contributed by atoms with Crippen molar-refractivity contribution in [3.05, 3.63) is 42.0 Å². The van der Waals surface area contributed by atoms with Gasteiger partial charge >= 0.3 is 6.18 Å². The van der Waals surface area contributed by atoms with Crippen molar-refractivity contribution >= 4 is 29.5 Å². The number of hydrogen-bond acceptors (Lipinski definition) is 3. The molecule has 1 heterocycles. The zero-order valence-corrected chi connectivity index (χ0v) is 12.9. The van der Waals surface area contributed by atoms with Gasteiger partial charge in [0.2, 0.25) is 6.41 Å². The maximum absolute atomic E-state index is 12.8. The summed E-state index contributed by atoms with van der Waals surface area (Å²) in [5, 5.41) is 5.71. The highest BCUT2D eigenvalue weighted by molar-refractivity contribution is 6.18. The molecule has 0 aliphatic carbocycles. The van der Waals surface area contributed by atoms with Crippen molar-refractivity contribution in [2.45, 2.75) is 12.6 Å². The van der Waals surface area contributed by atoms with Gasteiger partial charge in [0.1, 0.15) is 5.84 Å². The second-order valence-corrected chi connectivity index (χ2v) is 5.13. The minimum absolute atomic E-state index is 0.325. The van der Waals surface area contributed by atoms with Crippen LogP contribution in [0.25, 0.3) is 0 Å². The van der Waals surface area contributed by atoms with Crippen LogP contribution < -0.4 is 5.01 Å². The standard InChI is InChI=1S/C15H15ClF3N3O/c16-7-1-2-8-21(11-23)14-6-9-22(20-14)13-5-3-4-12(10-13)15(17,18)19/h1-5,10-11H,6-9H2. The van der Waals surface area contributed by atoms with Gasteiger partial charge in [0.15, 0.2) is 0 Å². The van der Waals surface area contributed by atoms with E-state index in [4.69, 9.17) is 11.6 Å². The van der Waals surface area contributed by atoms with E-state index in [1.54, 1.807) is 18.2 Å². The van der Waals surface area contributed by atoms with Crippen LogP contribution in [0, 0.1) is 0 Å². The number of allylic oxidation sites excluding steroid dienone is 1. The Morgan fingerprint density at radius 3 is 2.78 bits per heavy atom. The molecule has 1 aromatic carbocycles. The average Bonchev–Trinajstić information content (AvgIpc) is 3.01. The number of carbonyl (C=O) groups excluding carboxylic acids is 1. The monoisotopic (exact) mass is 345 g/mol. The number of benzene rings is 1. The number of hydrazone groups is 1. The molecule has 0 unspecified atom stereocenters. The van der Waals surface area contributed by atoms with Crippen molar-refractivity contribution in [1.82, 2.24) is 4.90 Å². The van der Waals surface area contributed by atoms with Crippen LogP contribution in [0.15, 0.2) is 41.5 Å². The zero-order valence-electron chi connectivity index (χ0n) is 12.1. The maximum Gasteiger partial charge on any atom is 0.416 e. The van der Waals surface area contributed by atoms with Crippen molar-refractivity contribution in [3.8, 4) is 0 Å². The quantitative estimate of drug-likeness (QED) is 0.465. The lowest BCUT2D eigenvalue weighted by molar-refractivity contribution is -0.137. The molecule has 1 aromatic rings. The minimum Gasteiger partial charge on any atom is -0.298 e. The molecule has 4 nitrogen and oxygen atoms in total. The van der Waals surface area contributed by atoms with E-state index >= 15 is 0 Å². The van der Waals surface area contributed by atoms with Gasteiger partial charge in [0, 0.05) is 25.4 Å². The minimum atomic E-state index is -4.40. The summed E-state index contributed by atoms with van der Waals surface area (Å²) in [6.45, 7) is 0.742. The molecular formula is C15H15ClF3N3O. The van der Waals surface area contributed by atoms with Crippen LogP contribution in [0.1, 0.15) is 12.0 Å². The molecule has 0 saturated carbocycles. The summed E-state index contributed by atoms with van der Waals surface area (Å²) in [4.78, 5) is 12.5. The second kappa shape index (κ2) is 7.50. The van der Waals surface area contributed by atoms with Crippen molar-refractivity contribution in [3.63, 3.8) is 0 Å². The van der Waals surface area contributed by atoms with Crippen molar-refractivity contribution in [2.24, 2.45) is 5.10 Å². The number of halogens is 4. The highest BCUT2D eigenvalue weighted by atomic mass is 35.5. The maximum atomic E-state index is 12.8. The first-order chi connectivity index (χ1) is 11.0. The predicted octanol–water partition coefficient (Wildman–Crippen LogP) is 3.48. The van der Waals surface area contributed by atoms with E-state index in [-0.39, 0.29) is 0 Å². The third-order valence-electron chi connectivity index (χ3n) is 3.27. The summed E-state index contributed by atoms with van der Waals surface area (Å²) >= 11 is 5.52. The number of hydrogen-bond donors (Lipinski definition) is 0. The molecule has 23 heavy (non-hydrogen) atoms. The smallest absolute Gasteiger partial charge is 0.298 e. The van der Waals surface area contributed by atoms with Crippen LogP contribution in [0.3, 0.4) is 0 Å². The number of amidine groups is 1. The van der Waals surface area contributed by atoms with E-state index in [2.05, 4.69) is 5.10 Å². The van der Waals surface area contributed by atoms with Gasteiger partial charge in [-0.1, -0.05) is 18.2 Å². The summed E-state index contributed by atoms with van der Waals surface area (Å²) in [7, 11) is 0. The van der Waals surface area contributed by atoms with Crippen molar-refractivity contribution < 1.29 is 18.0 Å². The topological polar surface area (TPSA) is 35.9 Å². The number of anilines is 1. The molecule has 0 fully saturated rings. The van der Waals surface area contributed by atoms with Crippen LogP contribution in [0.4, 0.5) is 18.9 Å². The Morgan fingerprint density at radius 2 is 2.13 bits per heavy atom. The fourth-order valence-corrected chi connectivity index (χ4v) is 2.26. The largest absolute Gasteiger partial charge is 0.416 e. The Labute approximate surface area is 136 Å². The lowest BCUT2D eigenvalue weighted by Crippen LogP contribution is -2.28. The van der Waals surface area contributed by atoms with Crippen molar-refractivity contribution in [2.75, 3.05) is 24.0 Å². The lowest BCUT2D eigenvalue weighted by atomic mass is 10.2.